The molecule has 156 valence electrons. The van der Waals surface area contributed by atoms with Crippen LogP contribution >= 0.6 is 0 Å². The summed E-state index contributed by atoms with van der Waals surface area (Å²) in [5.41, 5.74) is 0.742. The van der Waals surface area contributed by atoms with E-state index in [1.54, 1.807) is 58.3 Å². The van der Waals surface area contributed by atoms with Gasteiger partial charge in [-0.05, 0) is 62.4 Å². The van der Waals surface area contributed by atoms with E-state index in [0.717, 1.165) is 5.52 Å². The lowest BCUT2D eigenvalue weighted by atomic mass is 9.74. The van der Waals surface area contributed by atoms with E-state index >= 15 is 0 Å². The quantitative estimate of drug-likeness (QED) is 0.651. The fourth-order valence-electron chi connectivity index (χ4n) is 4.21. The molecule has 0 atom stereocenters. The van der Waals surface area contributed by atoms with Crippen LogP contribution in [0.2, 0.25) is 0 Å². The van der Waals surface area contributed by atoms with Crippen LogP contribution in [0.3, 0.4) is 0 Å². The molecule has 4 rings (SSSR count). The highest BCUT2D eigenvalue weighted by molar-refractivity contribution is 6.33. The highest BCUT2D eigenvalue weighted by Crippen LogP contribution is 2.42. The van der Waals surface area contributed by atoms with E-state index in [1.807, 2.05) is 0 Å². The largest absolute Gasteiger partial charge is 0.385 e. The van der Waals surface area contributed by atoms with Gasteiger partial charge in [0.1, 0.15) is 19.3 Å². The number of anilines is 1. The van der Waals surface area contributed by atoms with Crippen molar-refractivity contribution in [2.45, 2.75) is 43.9 Å². The van der Waals surface area contributed by atoms with Crippen molar-refractivity contribution >= 4 is 35.8 Å². The molecule has 1 aliphatic rings. The lowest BCUT2D eigenvalue weighted by molar-refractivity contribution is -0.0445. The van der Waals surface area contributed by atoms with Crippen LogP contribution in [0.1, 0.15) is 48.5 Å². The fourth-order valence-corrected chi connectivity index (χ4v) is 4.21. The van der Waals surface area contributed by atoms with Crippen molar-refractivity contribution in [2.24, 2.45) is 0 Å². The van der Waals surface area contributed by atoms with Crippen LogP contribution in [0.5, 0.6) is 0 Å². The summed E-state index contributed by atoms with van der Waals surface area (Å²) >= 11 is 0. The summed E-state index contributed by atoms with van der Waals surface area (Å²) in [4.78, 5) is 17.6. The van der Waals surface area contributed by atoms with Gasteiger partial charge in [0.05, 0.1) is 11.3 Å². The minimum atomic E-state index is -1.23. The Labute approximate surface area is 175 Å². The second-order valence-corrected chi connectivity index (χ2v) is 8.71. The number of benzene rings is 2. The van der Waals surface area contributed by atoms with E-state index in [9.17, 15) is 18.7 Å². The molecule has 2 N–H and O–H groups in total. The Bertz CT molecular complexity index is 1100. The maximum atomic E-state index is 14.1. The molecule has 1 saturated carbocycles. The lowest BCUT2D eigenvalue weighted by Crippen LogP contribution is -2.37. The second-order valence-electron chi connectivity index (χ2n) is 8.71. The zero-order chi connectivity index (χ0) is 21.7. The molecule has 2 aromatic carbocycles. The number of H-pyrrole nitrogens is 1. The molecule has 0 unspecified atom stereocenters. The summed E-state index contributed by atoms with van der Waals surface area (Å²) in [5.74, 6) is -0.561. The Kier molecular flexibility index (Phi) is 4.97. The van der Waals surface area contributed by atoms with E-state index in [2.05, 4.69) is 4.98 Å². The number of rotatable bonds is 3. The maximum Gasteiger partial charge on any atom is 0.258 e. The highest BCUT2D eigenvalue weighted by Gasteiger charge is 2.40. The van der Waals surface area contributed by atoms with Gasteiger partial charge in [-0.15, -0.1) is 0 Å². The number of aromatic nitrogens is 1. The van der Waals surface area contributed by atoms with Crippen LogP contribution in [0.15, 0.2) is 42.6 Å². The van der Waals surface area contributed by atoms with Crippen molar-refractivity contribution in [3.8, 4) is 0 Å². The summed E-state index contributed by atoms with van der Waals surface area (Å²) in [5, 5.41) is 11.6. The monoisotopic (exact) mass is 410 g/mol. The molecule has 0 aliphatic heterocycles. The number of hydrogen-bond donors (Lipinski definition) is 2. The first-order valence-corrected chi connectivity index (χ1v) is 10.2. The van der Waals surface area contributed by atoms with Gasteiger partial charge >= 0.3 is 0 Å². The molecule has 0 radical (unpaired) electrons. The number of fused-ring (bicyclic) bond motifs is 1. The third-order valence-corrected chi connectivity index (χ3v) is 6.39. The van der Waals surface area contributed by atoms with Crippen molar-refractivity contribution in [3.63, 3.8) is 0 Å². The molecule has 0 saturated heterocycles. The van der Waals surface area contributed by atoms with E-state index in [0.29, 0.717) is 53.3 Å². The number of aromatic amines is 1. The van der Waals surface area contributed by atoms with Crippen molar-refractivity contribution in [1.29, 1.82) is 0 Å². The molecule has 30 heavy (non-hydrogen) atoms. The normalized spacial score (nSPS) is 24.2. The maximum absolute atomic E-state index is 14.1. The Hall–Kier alpha value is -2.67. The van der Waals surface area contributed by atoms with E-state index in [-0.39, 0.29) is 11.7 Å². The molecular weight excluding hydrogens is 385 g/mol. The number of carbonyl (C=O) groups excluding carboxylic acids is 1. The van der Waals surface area contributed by atoms with Crippen LogP contribution in [-0.2, 0) is 5.60 Å². The second kappa shape index (κ2) is 7.24. The highest BCUT2D eigenvalue weighted by atomic mass is 19.1. The Morgan fingerprint density at radius 2 is 1.80 bits per heavy atom. The van der Waals surface area contributed by atoms with Crippen molar-refractivity contribution in [2.75, 3.05) is 11.9 Å². The number of amides is 1. The van der Waals surface area contributed by atoms with Gasteiger partial charge in [-0.25, -0.2) is 8.78 Å². The fraction of sp³-hybridized carbons (Fsp3) is 0.348. The molecule has 1 fully saturated rings. The Morgan fingerprint density at radius 1 is 1.17 bits per heavy atom. The first kappa shape index (κ1) is 20.6. The number of carbonyl (C=O) groups is 1. The molecule has 1 amide bonds. The van der Waals surface area contributed by atoms with Gasteiger partial charge in [0.15, 0.2) is 0 Å². The SMILES string of the molecule is Bc1cc2[nH]cc(N(C)C(=O)c3ccc(C4(O)CCC(C)(F)CC4)cc3)c2cc1F. The molecule has 1 aliphatic carbocycles. The van der Waals surface area contributed by atoms with Gasteiger partial charge in [-0.2, -0.15) is 0 Å². The number of nitrogens with one attached hydrogen (secondary N) is 1. The van der Waals surface area contributed by atoms with Crippen LogP contribution in [0.4, 0.5) is 14.5 Å². The van der Waals surface area contributed by atoms with Crippen molar-refractivity contribution in [3.05, 3.63) is 59.5 Å². The van der Waals surface area contributed by atoms with Gasteiger partial charge in [-0.3, -0.25) is 4.79 Å². The zero-order valence-electron chi connectivity index (χ0n) is 17.4. The lowest BCUT2D eigenvalue weighted by Gasteiger charge is -2.38. The van der Waals surface area contributed by atoms with Crippen LogP contribution in [0, 0.1) is 5.82 Å². The van der Waals surface area contributed by atoms with Crippen LogP contribution in [-0.4, -0.2) is 36.6 Å². The molecule has 7 heteroatoms. The Balaban J connectivity index is 1.56. The van der Waals surface area contributed by atoms with Crippen molar-refractivity contribution < 1.29 is 18.7 Å². The standard InChI is InChI=1S/C23H25BF2N2O2/c1-22(26)7-9-23(30,10-8-22)15-5-3-14(4-6-15)21(29)28(2)20-13-27-19-12-17(24)18(25)11-16(19)20/h3-6,11-13,27,30H,7-10,24H2,1-2H3. The first-order valence-electron chi connectivity index (χ1n) is 10.2. The van der Waals surface area contributed by atoms with E-state index in [1.165, 1.54) is 11.0 Å². The minimum absolute atomic E-state index is 0.240. The minimum Gasteiger partial charge on any atom is -0.385 e. The molecule has 0 bridgehead atoms. The molecule has 4 nitrogen and oxygen atoms in total. The number of halogens is 2. The van der Waals surface area contributed by atoms with Gasteiger partial charge in [0, 0.05) is 29.7 Å². The number of hydrogen-bond acceptors (Lipinski definition) is 2. The predicted molar refractivity (Wildman–Crippen MR) is 117 cm³/mol. The summed E-state index contributed by atoms with van der Waals surface area (Å²) in [7, 11) is 3.34. The van der Waals surface area contributed by atoms with E-state index < -0.39 is 11.3 Å². The molecule has 3 aromatic rings. The average Bonchev–Trinajstić information content (AvgIpc) is 3.12. The zero-order valence-corrected chi connectivity index (χ0v) is 17.4. The molecule has 1 aromatic heterocycles. The smallest absolute Gasteiger partial charge is 0.258 e. The molecule has 0 spiro atoms. The summed E-state index contributed by atoms with van der Waals surface area (Å²) in [6, 6.07) is 9.97. The van der Waals surface area contributed by atoms with Crippen LogP contribution in [0.25, 0.3) is 10.9 Å². The number of nitrogens with zero attached hydrogens (tertiary/aromatic N) is 1. The third kappa shape index (κ3) is 3.62. The number of alkyl halides is 1. The number of aliphatic hydroxyl groups is 1. The van der Waals surface area contributed by atoms with Gasteiger partial charge < -0.3 is 15.0 Å². The van der Waals surface area contributed by atoms with Gasteiger partial charge in [0.2, 0.25) is 0 Å². The third-order valence-electron chi connectivity index (χ3n) is 6.39. The predicted octanol–water partition coefficient (Wildman–Crippen LogP) is 3.33. The van der Waals surface area contributed by atoms with Gasteiger partial charge in [0.25, 0.3) is 5.91 Å². The summed E-state index contributed by atoms with van der Waals surface area (Å²) < 4.78 is 28.1. The summed E-state index contributed by atoms with van der Waals surface area (Å²) in [6.45, 7) is 1.57. The van der Waals surface area contributed by atoms with E-state index in [4.69, 9.17) is 0 Å². The van der Waals surface area contributed by atoms with Crippen LogP contribution < -0.4 is 10.4 Å². The molecule has 1 heterocycles. The van der Waals surface area contributed by atoms with Gasteiger partial charge in [-0.1, -0.05) is 17.6 Å². The molecular formula is C23H25BF2N2O2. The Morgan fingerprint density at radius 3 is 2.43 bits per heavy atom. The summed E-state index contributed by atoms with van der Waals surface area (Å²) in [6.07, 6.45) is 3.02. The van der Waals surface area contributed by atoms with Crippen molar-refractivity contribution in [1.82, 2.24) is 4.98 Å². The topological polar surface area (TPSA) is 56.3 Å². The average molecular weight is 410 g/mol. The first-order chi connectivity index (χ1) is 14.1.